The van der Waals surface area contributed by atoms with Gasteiger partial charge < -0.3 is 40.5 Å². The Morgan fingerprint density at radius 2 is 1.47 bits per heavy atom. The van der Waals surface area contributed by atoms with Gasteiger partial charge in [0.15, 0.2) is 6.29 Å². The summed E-state index contributed by atoms with van der Waals surface area (Å²) in [5.74, 6) is 0.0139. The number of rotatable bonds is 3. The summed E-state index contributed by atoms with van der Waals surface area (Å²) < 4.78 is 4.58. The Labute approximate surface area is 111 Å². The zero-order valence-corrected chi connectivity index (χ0v) is 11.0. The van der Waals surface area contributed by atoms with Crippen molar-refractivity contribution in [2.45, 2.75) is 50.7 Å². The second kappa shape index (κ2) is 8.77. The summed E-state index contributed by atoms with van der Waals surface area (Å²) in [4.78, 5) is 0. The topological polar surface area (TPSA) is 151 Å². The van der Waals surface area contributed by atoms with Gasteiger partial charge in [-0.05, 0) is 6.92 Å². The first-order chi connectivity index (χ1) is 8.76. The lowest BCUT2D eigenvalue weighted by Crippen LogP contribution is -2.58. The number of aliphatic hydroxyl groups excluding tert-OH is 7. The van der Waals surface area contributed by atoms with Gasteiger partial charge in [0.2, 0.25) is 0 Å². The molecule has 0 saturated carbocycles. The van der Waals surface area contributed by atoms with E-state index in [0.29, 0.717) is 0 Å². The minimum absolute atomic E-state index is 0.0139. The van der Waals surface area contributed by atoms with Gasteiger partial charge in [0.1, 0.15) is 24.4 Å². The Hall–Kier alpha value is -0.320. The Morgan fingerprint density at radius 1 is 0.947 bits per heavy atom. The molecule has 0 radical (unpaired) electrons. The molecule has 0 bridgehead atoms. The van der Waals surface area contributed by atoms with Crippen LogP contribution in [0.3, 0.4) is 0 Å². The molecular weight excluding hydrogens is 260 g/mol. The summed E-state index contributed by atoms with van der Waals surface area (Å²) in [6.07, 6.45) is -7.42. The van der Waals surface area contributed by atoms with E-state index >= 15 is 0 Å². The molecule has 8 nitrogen and oxygen atoms in total. The molecule has 0 spiro atoms. The van der Waals surface area contributed by atoms with Crippen molar-refractivity contribution in [2.75, 3.05) is 13.2 Å². The van der Waals surface area contributed by atoms with Crippen LogP contribution in [-0.4, -0.2) is 85.8 Å². The number of hydrogen-bond acceptors (Lipinski definition) is 8. The van der Waals surface area contributed by atoms with E-state index in [9.17, 15) is 0 Å². The quantitative estimate of drug-likeness (QED) is 0.286. The summed E-state index contributed by atoms with van der Waals surface area (Å²) in [6, 6.07) is 0. The van der Waals surface area contributed by atoms with Crippen LogP contribution in [0.5, 0.6) is 0 Å². The highest BCUT2D eigenvalue weighted by Crippen LogP contribution is 2.18. The maximum atomic E-state index is 9.12. The van der Waals surface area contributed by atoms with Crippen LogP contribution < -0.4 is 0 Å². The number of ether oxygens (including phenoxy) is 1. The fraction of sp³-hybridized carbons (Fsp3) is 1.00. The van der Waals surface area contributed by atoms with Gasteiger partial charge in [-0.3, -0.25) is 0 Å². The zero-order chi connectivity index (χ0) is 15.2. The molecule has 0 aromatic carbocycles. The van der Waals surface area contributed by atoms with Crippen molar-refractivity contribution < 1.29 is 40.5 Å². The fourth-order valence-corrected chi connectivity index (χ4v) is 1.23. The highest BCUT2D eigenvalue weighted by Gasteiger charge is 2.42. The number of aliphatic hydroxyl groups is 7. The lowest BCUT2D eigenvalue weighted by Gasteiger charge is -2.37. The highest BCUT2D eigenvalue weighted by atomic mass is 16.6. The average molecular weight is 284 g/mol. The molecule has 7 atom stereocenters. The molecule has 0 aromatic heterocycles. The van der Waals surface area contributed by atoms with E-state index in [2.05, 4.69) is 4.74 Å². The first-order valence-corrected chi connectivity index (χ1v) is 6.03. The third-order valence-electron chi connectivity index (χ3n) is 2.98. The van der Waals surface area contributed by atoms with Crippen LogP contribution in [-0.2, 0) is 4.74 Å². The van der Waals surface area contributed by atoms with E-state index in [1.807, 2.05) is 0 Å². The molecule has 19 heavy (non-hydrogen) atoms. The van der Waals surface area contributed by atoms with Crippen LogP contribution in [0.25, 0.3) is 0 Å². The third-order valence-corrected chi connectivity index (χ3v) is 2.98. The SMILES string of the molecule is CC(O)C(C)CO.OC[C@H]1OC(O)[C@H](O)[C@@H](O)[C@@H]1O. The van der Waals surface area contributed by atoms with Crippen molar-refractivity contribution in [3.8, 4) is 0 Å². The van der Waals surface area contributed by atoms with Crippen molar-refractivity contribution in [1.82, 2.24) is 0 Å². The number of hydrogen-bond donors (Lipinski definition) is 7. The van der Waals surface area contributed by atoms with Crippen molar-refractivity contribution in [2.24, 2.45) is 5.92 Å². The van der Waals surface area contributed by atoms with Crippen molar-refractivity contribution in [1.29, 1.82) is 0 Å². The molecule has 1 fully saturated rings. The second-order valence-corrected chi connectivity index (χ2v) is 4.62. The van der Waals surface area contributed by atoms with Crippen LogP contribution in [0.1, 0.15) is 13.8 Å². The zero-order valence-electron chi connectivity index (χ0n) is 11.0. The molecule has 7 N–H and O–H groups in total. The molecular formula is C11H24O8. The molecule has 1 saturated heterocycles. The van der Waals surface area contributed by atoms with Crippen LogP contribution in [0.2, 0.25) is 0 Å². The molecule has 0 aliphatic carbocycles. The minimum atomic E-state index is -1.57. The summed E-state index contributed by atoms with van der Waals surface area (Å²) >= 11 is 0. The van der Waals surface area contributed by atoms with Crippen molar-refractivity contribution in [3.63, 3.8) is 0 Å². The van der Waals surface area contributed by atoms with Crippen LogP contribution in [0.4, 0.5) is 0 Å². The van der Waals surface area contributed by atoms with E-state index in [1.165, 1.54) is 0 Å². The highest BCUT2D eigenvalue weighted by molar-refractivity contribution is 4.87. The maximum Gasteiger partial charge on any atom is 0.184 e. The molecule has 1 heterocycles. The van der Waals surface area contributed by atoms with Crippen LogP contribution >= 0.6 is 0 Å². The molecule has 0 amide bonds. The van der Waals surface area contributed by atoms with Gasteiger partial charge in [0.05, 0.1) is 12.7 Å². The second-order valence-electron chi connectivity index (χ2n) is 4.62. The normalized spacial score (nSPS) is 38.1. The lowest BCUT2D eigenvalue weighted by molar-refractivity contribution is -0.286. The van der Waals surface area contributed by atoms with Gasteiger partial charge >= 0.3 is 0 Å². The summed E-state index contributed by atoms with van der Waals surface area (Å²) in [6.45, 7) is 3.01. The minimum Gasteiger partial charge on any atom is -0.396 e. The Bertz CT molecular complexity index is 232. The predicted molar refractivity (Wildman–Crippen MR) is 63.9 cm³/mol. The average Bonchev–Trinajstić information content (AvgIpc) is 2.40. The standard InChI is InChI=1S/C6H12O6.C5H12O2/c7-1-2-3(8)4(9)5(10)6(11)12-2;1-4(3-6)5(2)7/h2-11H,1H2;4-7H,3H2,1-2H3/t2-,3-,4+,5-,6?;/m1./s1. The van der Waals surface area contributed by atoms with Gasteiger partial charge in [-0.15, -0.1) is 0 Å². The monoisotopic (exact) mass is 284 g/mol. The van der Waals surface area contributed by atoms with Crippen molar-refractivity contribution >= 4 is 0 Å². The van der Waals surface area contributed by atoms with Gasteiger partial charge in [-0.1, -0.05) is 6.92 Å². The van der Waals surface area contributed by atoms with E-state index in [1.54, 1.807) is 13.8 Å². The molecule has 116 valence electrons. The summed E-state index contributed by atoms with van der Waals surface area (Å²) in [5, 5.41) is 61.7. The van der Waals surface area contributed by atoms with Crippen LogP contribution in [0, 0.1) is 5.92 Å². The molecule has 3 unspecified atom stereocenters. The third kappa shape index (κ3) is 5.67. The van der Waals surface area contributed by atoms with Gasteiger partial charge in [-0.2, -0.15) is 0 Å². The van der Waals surface area contributed by atoms with E-state index in [4.69, 9.17) is 35.7 Å². The van der Waals surface area contributed by atoms with E-state index in [0.717, 1.165) is 0 Å². The molecule has 1 rings (SSSR count). The lowest BCUT2D eigenvalue weighted by atomic mass is 10.00. The summed E-state index contributed by atoms with van der Waals surface area (Å²) in [5.41, 5.74) is 0. The van der Waals surface area contributed by atoms with Gasteiger partial charge in [0.25, 0.3) is 0 Å². The Kier molecular flexibility index (Phi) is 8.62. The Morgan fingerprint density at radius 3 is 1.79 bits per heavy atom. The van der Waals surface area contributed by atoms with Crippen LogP contribution in [0.15, 0.2) is 0 Å². The molecule has 8 heteroatoms. The largest absolute Gasteiger partial charge is 0.396 e. The molecule has 1 aliphatic rings. The van der Waals surface area contributed by atoms with Gasteiger partial charge in [-0.25, -0.2) is 0 Å². The van der Waals surface area contributed by atoms with Crippen molar-refractivity contribution in [3.05, 3.63) is 0 Å². The van der Waals surface area contributed by atoms with E-state index < -0.39 is 37.3 Å². The predicted octanol–water partition coefficient (Wildman–Crippen LogP) is -3.23. The molecule has 0 aromatic rings. The first kappa shape index (κ1) is 18.7. The summed E-state index contributed by atoms with van der Waals surface area (Å²) in [7, 11) is 0. The fourth-order valence-electron chi connectivity index (χ4n) is 1.23. The van der Waals surface area contributed by atoms with E-state index in [-0.39, 0.29) is 18.6 Å². The first-order valence-electron chi connectivity index (χ1n) is 6.03. The smallest absolute Gasteiger partial charge is 0.184 e. The maximum absolute atomic E-state index is 9.12. The van der Waals surface area contributed by atoms with Gasteiger partial charge in [0, 0.05) is 12.5 Å². The molecule has 1 aliphatic heterocycles. The Balaban J connectivity index is 0.000000399.